The summed E-state index contributed by atoms with van der Waals surface area (Å²) in [6, 6.07) is 0.624. The Morgan fingerprint density at radius 2 is 1.94 bits per heavy atom. The number of rotatable bonds is 6. The number of hydrogen-bond donors (Lipinski definition) is 1. The Morgan fingerprint density at radius 1 is 1.38 bits per heavy atom. The van der Waals surface area contributed by atoms with E-state index in [1.54, 1.807) is 6.92 Å². The van der Waals surface area contributed by atoms with Crippen LogP contribution in [0.3, 0.4) is 0 Å². The van der Waals surface area contributed by atoms with E-state index in [0.29, 0.717) is 12.6 Å². The molecule has 94 valence electrons. The fraction of sp³-hybridized carbons (Fsp3) is 0.923. The van der Waals surface area contributed by atoms with Crippen LogP contribution in [0.1, 0.15) is 40.5 Å². The number of aliphatic carboxylic acids is 1. The van der Waals surface area contributed by atoms with Crippen LogP contribution in [-0.2, 0) is 4.79 Å². The molecule has 1 aliphatic rings. The molecule has 0 aromatic carbocycles. The van der Waals surface area contributed by atoms with Crippen LogP contribution in [0, 0.1) is 17.8 Å². The molecule has 1 rings (SSSR count). The van der Waals surface area contributed by atoms with Crippen molar-refractivity contribution in [3.63, 3.8) is 0 Å². The van der Waals surface area contributed by atoms with Crippen molar-refractivity contribution in [3.8, 4) is 0 Å². The van der Waals surface area contributed by atoms with E-state index in [4.69, 9.17) is 5.11 Å². The lowest BCUT2D eigenvalue weighted by molar-refractivity contribution is -0.142. The van der Waals surface area contributed by atoms with Crippen molar-refractivity contribution in [2.75, 3.05) is 13.1 Å². The predicted molar refractivity (Wildman–Crippen MR) is 65.4 cm³/mol. The summed E-state index contributed by atoms with van der Waals surface area (Å²) in [5.74, 6) is 0.683. The fourth-order valence-electron chi connectivity index (χ4n) is 2.44. The van der Waals surface area contributed by atoms with Gasteiger partial charge in [0.1, 0.15) is 0 Å². The second-order valence-electron chi connectivity index (χ2n) is 5.46. The Labute approximate surface area is 98.8 Å². The van der Waals surface area contributed by atoms with Crippen LogP contribution in [0.4, 0.5) is 0 Å². The van der Waals surface area contributed by atoms with Gasteiger partial charge in [-0.1, -0.05) is 27.7 Å². The Hall–Kier alpha value is -0.570. The third-order valence-electron chi connectivity index (χ3n) is 3.94. The summed E-state index contributed by atoms with van der Waals surface area (Å²) >= 11 is 0. The van der Waals surface area contributed by atoms with Crippen molar-refractivity contribution < 1.29 is 9.90 Å². The zero-order chi connectivity index (χ0) is 12.3. The van der Waals surface area contributed by atoms with Gasteiger partial charge in [0, 0.05) is 12.6 Å². The summed E-state index contributed by atoms with van der Waals surface area (Å²) < 4.78 is 0. The molecule has 3 nitrogen and oxygen atoms in total. The molecule has 0 aromatic rings. The van der Waals surface area contributed by atoms with Gasteiger partial charge in [-0.05, 0) is 31.2 Å². The minimum absolute atomic E-state index is 0.252. The zero-order valence-corrected chi connectivity index (χ0v) is 10.9. The van der Waals surface area contributed by atoms with Crippen LogP contribution in [0.15, 0.2) is 0 Å². The van der Waals surface area contributed by atoms with Crippen LogP contribution < -0.4 is 0 Å². The molecule has 16 heavy (non-hydrogen) atoms. The first kappa shape index (κ1) is 13.5. The normalized spacial score (nSPS) is 26.9. The standard InChI is InChI=1S/C13H25NO2/c1-5-14(8-10(4)13(15)16)12-6-11(7-12)9(2)3/h9-12H,5-8H2,1-4H3,(H,15,16). The van der Waals surface area contributed by atoms with E-state index in [0.717, 1.165) is 18.4 Å². The van der Waals surface area contributed by atoms with Gasteiger partial charge in [-0.15, -0.1) is 0 Å². The molecule has 1 aliphatic carbocycles. The molecule has 0 aromatic heterocycles. The lowest BCUT2D eigenvalue weighted by Crippen LogP contribution is -2.48. The van der Waals surface area contributed by atoms with Crippen LogP contribution in [-0.4, -0.2) is 35.1 Å². The molecule has 1 saturated carbocycles. The molecule has 1 unspecified atom stereocenters. The molecular formula is C13H25NO2. The molecule has 0 aliphatic heterocycles. The molecule has 0 radical (unpaired) electrons. The smallest absolute Gasteiger partial charge is 0.307 e. The minimum Gasteiger partial charge on any atom is -0.481 e. The highest BCUT2D eigenvalue weighted by atomic mass is 16.4. The lowest BCUT2D eigenvalue weighted by Gasteiger charge is -2.45. The SMILES string of the molecule is CCN(CC(C)C(=O)O)C1CC(C(C)C)C1. The van der Waals surface area contributed by atoms with Crippen molar-refractivity contribution in [1.82, 2.24) is 4.90 Å². The van der Waals surface area contributed by atoms with Gasteiger partial charge < -0.3 is 5.11 Å². The van der Waals surface area contributed by atoms with E-state index in [2.05, 4.69) is 25.7 Å². The summed E-state index contributed by atoms with van der Waals surface area (Å²) in [4.78, 5) is 13.2. The molecule has 0 saturated heterocycles. The van der Waals surface area contributed by atoms with Crippen LogP contribution >= 0.6 is 0 Å². The highest BCUT2D eigenvalue weighted by molar-refractivity contribution is 5.69. The summed E-state index contributed by atoms with van der Waals surface area (Å²) in [5.41, 5.74) is 0. The Bertz CT molecular complexity index is 234. The lowest BCUT2D eigenvalue weighted by atomic mass is 9.73. The van der Waals surface area contributed by atoms with Gasteiger partial charge in [-0.3, -0.25) is 9.69 Å². The number of nitrogens with zero attached hydrogens (tertiary/aromatic N) is 1. The maximum Gasteiger partial charge on any atom is 0.307 e. The topological polar surface area (TPSA) is 40.5 Å². The monoisotopic (exact) mass is 227 g/mol. The van der Waals surface area contributed by atoms with Gasteiger partial charge in [0.05, 0.1) is 5.92 Å². The van der Waals surface area contributed by atoms with Crippen molar-refractivity contribution >= 4 is 5.97 Å². The molecule has 1 fully saturated rings. The number of carbonyl (C=O) groups is 1. The zero-order valence-electron chi connectivity index (χ0n) is 10.9. The largest absolute Gasteiger partial charge is 0.481 e. The van der Waals surface area contributed by atoms with Crippen molar-refractivity contribution in [2.45, 2.75) is 46.6 Å². The Kier molecular flexibility index (Phi) is 4.78. The van der Waals surface area contributed by atoms with Gasteiger partial charge in [0.15, 0.2) is 0 Å². The molecule has 0 heterocycles. The first-order valence-electron chi connectivity index (χ1n) is 6.42. The van der Waals surface area contributed by atoms with Crippen molar-refractivity contribution in [1.29, 1.82) is 0 Å². The van der Waals surface area contributed by atoms with E-state index >= 15 is 0 Å². The third kappa shape index (κ3) is 3.21. The second kappa shape index (κ2) is 5.67. The summed E-state index contributed by atoms with van der Waals surface area (Å²) in [6.07, 6.45) is 2.50. The number of hydrogen-bond acceptors (Lipinski definition) is 2. The average Bonchev–Trinajstić information content (AvgIpc) is 2.12. The van der Waals surface area contributed by atoms with Crippen LogP contribution in [0.25, 0.3) is 0 Å². The first-order valence-corrected chi connectivity index (χ1v) is 6.42. The van der Waals surface area contributed by atoms with Crippen molar-refractivity contribution in [3.05, 3.63) is 0 Å². The van der Waals surface area contributed by atoms with E-state index < -0.39 is 5.97 Å². The highest BCUT2D eigenvalue weighted by Gasteiger charge is 2.35. The van der Waals surface area contributed by atoms with Gasteiger partial charge in [-0.25, -0.2) is 0 Å². The average molecular weight is 227 g/mol. The minimum atomic E-state index is -0.682. The predicted octanol–water partition coefficient (Wildman–Crippen LogP) is 2.46. The van der Waals surface area contributed by atoms with Crippen LogP contribution in [0.2, 0.25) is 0 Å². The molecule has 3 heteroatoms. The molecule has 0 amide bonds. The van der Waals surface area contributed by atoms with E-state index in [1.165, 1.54) is 12.8 Å². The maximum atomic E-state index is 10.8. The van der Waals surface area contributed by atoms with Gasteiger partial charge >= 0.3 is 5.97 Å². The quantitative estimate of drug-likeness (QED) is 0.757. The van der Waals surface area contributed by atoms with Gasteiger partial charge in [0.25, 0.3) is 0 Å². The molecular weight excluding hydrogens is 202 g/mol. The summed E-state index contributed by atoms with van der Waals surface area (Å²) in [6.45, 7) is 10.1. The highest BCUT2D eigenvalue weighted by Crippen LogP contribution is 2.37. The fourth-order valence-corrected chi connectivity index (χ4v) is 2.44. The molecule has 0 spiro atoms. The van der Waals surface area contributed by atoms with E-state index in [1.807, 2.05) is 0 Å². The first-order chi connectivity index (χ1) is 7.45. The molecule has 0 bridgehead atoms. The maximum absolute atomic E-state index is 10.8. The molecule has 1 atom stereocenters. The van der Waals surface area contributed by atoms with E-state index in [9.17, 15) is 4.79 Å². The van der Waals surface area contributed by atoms with Crippen LogP contribution in [0.5, 0.6) is 0 Å². The second-order valence-corrected chi connectivity index (χ2v) is 5.46. The summed E-state index contributed by atoms with van der Waals surface area (Å²) in [5, 5.41) is 8.91. The van der Waals surface area contributed by atoms with Crippen molar-refractivity contribution in [2.24, 2.45) is 17.8 Å². The number of carboxylic acid groups (broad SMARTS) is 1. The summed E-state index contributed by atoms with van der Waals surface area (Å²) in [7, 11) is 0. The Morgan fingerprint density at radius 3 is 2.31 bits per heavy atom. The third-order valence-corrected chi connectivity index (χ3v) is 3.94. The van der Waals surface area contributed by atoms with Gasteiger partial charge in [-0.2, -0.15) is 0 Å². The van der Waals surface area contributed by atoms with Gasteiger partial charge in [0.2, 0.25) is 0 Å². The molecule has 1 N–H and O–H groups in total. The number of carboxylic acids is 1. The van der Waals surface area contributed by atoms with E-state index in [-0.39, 0.29) is 5.92 Å². The Balaban J connectivity index is 2.37.